The summed E-state index contributed by atoms with van der Waals surface area (Å²) >= 11 is 0. The molecule has 7 nitrogen and oxygen atoms in total. The highest BCUT2D eigenvalue weighted by Gasteiger charge is 2.10. The Morgan fingerprint density at radius 3 is 1.91 bits per heavy atom. The lowest BCUT2D eigenvalue weighted by Gasteiger charge is -2.11. The number of hydrogen-bond acceptors (Lipinski definition) is 5. The van der Waals surface area contributed by atoms with Gasteiger partial charge in [-0.1, -0.05) is 38.1 Å². The Bertz CT molecular complexity index is 1040. The number of ether oxygens (including phenoxy) is 3. The van der Waals surface area contributed by atoms with E-state index in [0.29, 0.717) is 48.4 Å². The summed E-state index contributed by atoms with van der Waals surface area (Å²) in [4.78, 5) is 24.7. The maximum absolute atomic E-state index is 12.4. The lowest BCUT2D eigenvalue weighted by atomic mass is 10.2. The van der Waals surface area contributed by atoms with Crippen LogP contribution < -0.4 is 25.1 Å². The first-order valence-electron chi connectivity index (χ1n) is 10.8. The van der Waals surface area contributed by atoms with Crippen molar-refractivity contribution in [2.75, 3.05) is 19.8 Å². The van der Waals surface area contributed by atoms with Crippen LogP contribution in [0.4, 0.5) is 0 Å². The third kappa shape index (κ3) is 7.88. The number of hydrazine groups is 1. The minimum absolute atomic E-state index is 0.327. The number of carbonyl (C=O) groups excluding carboxylic acids is 2. The van der Waals surface area contributed by atoms with E-state index in [9.17, 15) is 9.59 Å². The van der Waals surface area contributed by atoms with Gasteiger partial charge in [0, 0.05) is 11.1 Å². The number of nitrogens with one attached hydrogen (secondary N) is 2. The minimum Gasteiger partial charge on any atom is -0.493 e. The van der Waals surface area contributed by atoms with E-state index in [1.54, 1.807) is 48.5 Å². The number of rotatable bonds is 10. The molecule has 0 aromatic heterocycles. The second-order valence-electron chi connectivity index (χ2n) is 7.68. The molecule has 0 heterocycles. The highest BCUT2D eigenvalue weighted by molar-refractivity contribution is 5.99. The van der Waals surface area contributed by atoms with Crippen molar-refractivity contribution >= 4 is 11.8 Å². The molecule has 2 N–H and O–H groups in total. The molecule has 3 aromatic carbocycles. The van der Waals surface area contributed by atoms with Crippen molar-refractivity contribution in [1.82, 2.24) is 10.9 Å². The summed E-state index contributed by atoms with van der Waals surface area (Å²) in [6.07, 6.45) is 0. The normalized spacial score (nSPS) is 10.4. The van der Waals surface area contributed by atoms with Crippen LogP contribution in [-0.4, -0.2) is 31.6 Å². The lowest BCUT2D eigenvalue weighted by Crippen LogP contribution is -2.41. The van der Waals surface area contributed by atoms with E-state index in [0.717, 1.165) is 5.75 Å². The predicted molar refractivity (Wildman–Crippen MR) is 126 cm³/mol. The van der Waals surface area contributed by atoms with Gasteiger partial charge in [-0.05, 0) is 60.5 Å². The predicted octanol–water partition coefficient (Wildman–Crippen LogP) is 4.25. The summed E-state index contributed by atoms with van der Waals surface area (Å²) in [5.74, 6) is 1.52. The molecule has 2 amide bonds. The average molecular weight is 449 g/mol. The van der Waals surface area contributed by atoms with Crippen molar-refractivity contribution < 1.29 is 23.8 Å². The van der Waals surface area contributed by atoms with Crippen molar-refractivity contribution in [1.29, 1.82) is 0 Å². The van der Waals surface area contributed by atoms with Crippen LogP contribution in [-0.2, 0) is 0 Å². The quantitative estimate of drug-likeness (QED) is 0.358. The molecule has 0 atom stereocenters. The maximum Gasteiger partial charge on any atom is 0.269 e. The largest absolute Gasteiger partial charge is 0.493 e. The molecular weight excluding hydrogens is 420 g/mol. The molecule has 0 saturated carbocycles. The molecule has 0 aliphatic rings. The molecule has 172 valence electrons. The summed E-state index contributed by atoms with van der Waals surface area (Å²) in [5, 5.41) is 0. The second kappa shape index (κ2) is 12.1. The van der Waals surface area contributed by atoms with Crippen molar-refractivity contribution in [2.45, 2.75) is 13.8 Å². The zero-order chi connectivity index (χ0) is 23.5. The van der Waals surface area contributed by atoms with Gasteiger partial charge in [-0.15, -0.1) is 0 Å². The SMILES string of the molecule is CC(C)COc1ccc(C(=O)NNC(=O)c2cccc(OCCOc3ccccc3)c2)cc1. The van der Waals surface area contributed by atoms with Gasteiger partial charge in [0.25, 0.3) is 11.8 Å². The number of para-hydroxylation sites is 1. The summed E-state index contributed by atoms with van der Waals surface area (Å²) in [7, 11) is 0. The Labute approximate surface area is 193 Å². The van der Waals surface area contributed by atoms with Gasteiger partial charge in [0.2, 0.25) is 0 Å². The fourth-order valence-corrected chi connectivity index (χ4v) is 2.79. The molecule has 0 aliphatic carbocycles. The molecule has 0 saturated heterocycles. The molecular formula is C26H28N2O5. The van der Waals surface area contributed by atoms with Crippen LogP contribution in [0.5, 0.6) is 17.2 Å². The molecule has 0 spiro atoms. The first-order valence-corrected chi connectivity index (χ1v) is 10.8. The van der Waals surface area contributed by atoms with Crippen LogP contribution in [0.25, 0.3) is 0 Å². The molecule has 0 aliphatic heterocycles. The van der Waals surface area contributed by atoms with Gasteiger partial charge < -0.3 is 14.2 Å². The lowest BCUT2D eigenvalue weighted by molar-refractivity contribution is 0.0846. The van der Waals surface area contributed by atoms with Crippen LogP contribution >= 0.6 is 0 Å². The van der Waals surface area contributed by atoms with Crippen molar-refractivity contribution in [3.8, 4) is 17.2 Å². The number of benzene rings is 3. The van der Waals surface area contributed by atoms with Gasteiger partial charge in [-0.2, -0.15) is 0 Å². The molecule has 3 rings (SSSR count). The average Bonchev–Trinajstić information content (AvgIpc) is 2.85. The Morgan fingerprint density at radius 2 is 1.24 bits per heavy atom. The van der Waals surface area contributed by atoms with Crippen LogP contribution in [0.2, 0.25) is 0 Å². The highest BCUT2D eigenvalue weighted by Crippen LogP contribution is 2.15. The molecule has 0 fully saturated rings. The van der Waals surface area contributed by atoms with Crippen LogP contribution in [0.3, 0.4) is 0 Å². The van der Waals surface area contributed by atoms with E-state index in [2.05, 4.69) is 24.7 Å². The highest BCUT2D eigenvalue weighted by atomic mass is 16.5. The zero-order valence-electron chi connectivity index (χ0n) is 18.7. The molecule has 0 unspecified atom stereocenters. The van der Waals surface area contributed by atoms with E-state index < -0.39 is 11.8 Å². The van der Waals surface area contributed by atoms with Crippen LogP contribution in [0.15, 0.2) is 78.9 Å². The van der Waals surface area contributed by atoms with Gasteiger partial charge >= 0.3 is 0 Å². The van der Waals surface area contributed by atoms with E-state index in [1.165, 1.54) is 0 Å². The first kappa shape index (κ1) is 23.7. The van der Waals surface area contributed by atoms with Crippen LogP contribution in [0, 0.1) is 5.92 Å². The molecule has 0 radical (unpaired) electrons. The second-order valence-corrected chi connectivity index (χ2v) is 7.68. The summed E-state index contributed by atoms with van der Waals surface area (Å²) in [6, 6.07) is 22.9. The van der Waals surface area contributed by atoms with Gasteiger partial charge in [0.1, 0.15) is 30.5 Å². The van der Waals surface area contributed by atoms with E-state index >= 15 is 0 Å². The van der Waals surface area contributed by atoms with E-state index in [1.807, 2.05) is 30.3 Å². The standard InChI is InChI=1S/C26H28N2O5/c1-19(2)18-33-23-13-11-20(12-14-23)25(29)27-28-26(30)21-7-6-10-24(17-21)32-16-15-31-22-8-4-3-5-9-22/h3-14,17,19H,15-16,18H2,1-2H3,(H,27,29)(H,28,30). The van der Waals surface area contributed by atoms with E-state index in [4.69, 9.17) is 14.2 Å². The minimum atomic E-state index is -0.453. The zero-order valence-corrected chi connectivity index (χ0v) is 18.7. The molecule has 7 heteroatoms. The van der Waals surface area contributed by atoms with Crippen molar-refractivity contribution in [3.05, 3.63) is 90.0 Å². The Morgan fingerprint density at radius 1 is 0.667 bits per heavy atom. The number of hydrogen-bond donors (Lipinski definition) is 2. The van der Waals surface area contributed by atoms with Crippen LogP contribution in [0.1, 0.15) is 34.6 Å². The van der Waals surface area contributed by atoms with Gasteiger partial charge in [-0.3, -0.25) is 20.4 Å². The molecule has 0 bridgehead atoms. The summed E-state index contributed by atoms with van der Waals surface area (Å²) in [6.45, 7) is 5.43. The Hall–Kier alpha value is -4.00. The number of amides is 2. The monoisotopic (exact) mass is 448 g/mol. The smallest absolute Gasteiger partial charge is 0.269 e. The van der Waals surface area contributed by atoms with Gasteiger partial charge in [0.15, 0.2) is 0 Å². The first-order chi connectivity index (χ1) is 16.0. The van der Waals surface area contributed by atoms with Crippen molar-refractivity contribution in [2.24, 2.45) is 5.92 Å². The third-order valence-corrected chi connectivity index (χ3v) is 4.45. The summed E-state index contributed by atoms with van der Waals surface area (Å²) in [5.41, 5.74) is 5.60. The fraction of sp³-hybridized carbons (Fsp3) is 0.231. The van der Waals surface area contributed by atoms with Crippen molar-refractivity contribution in [3.63, 3.8) is 0 Å². The van der Waals surface area contributed by atoms with E-state index in [-0.39, 0.29) is 0 Å². The molecule has 3 aromatic rings. The topological polar surface area (TPSA) is 85.9 Å². The Kier molecular flexibility index (Phi) is 8.71. The molecule has 33 heavy (non-hydrogen) atoms. The summed E-state index contributed by atoms with van der Waals surface area (Å²) < 4.78 is 16.8. The van der Waals surface area contributed by atoms with Gasteiger partial charge in [-0.25, -0.2) is 0 Å². The maximum atomic E-state index is 12.4. The number of carbonyl (C=O) groups is 2. The van der Waals surface area contributed by atoms with Gasteiger partial charge in [0.05, 0.1) is 6.61 Å². The Balaban J connectivity index is 1.44. The fourth-order valence-electron chi connectivity index (χ4n) is 2.79. The third-order valence-electron chi connectivity index (χ3n) is 4.45.